The van der Waals surface area contributed by atoms with Gasteiger partial charge in [0.15, 0.2) is 0 Å². The SMILES string of the molecule is CO[C@@H]1[C@H](O)[C@@H](C[Se]CC[C@H](N)C(=O)O)O[C@H]1n1cnc2c(N)ncnc21. The van der Waals surface area contributed by atoms with Crippen LogP contribution in [0.5, 0.6) is 0 Å². The number of carboxylic acids is 1. The van der Waals surface area contributed by atoms with E-state index in [-0.39, 0.29) is 20.8 Å². The van der Waals surface area contributed by atoms with Crippen LogP contribution in [-0.2, 0) is 14.3 Å². The average molecular weight is 445 g/mol. The second kappa shape index (κ2) is 8.46. The molecular formula is C15H22N6O5Se. The molecule has 3 heterocycles. The van der Waals surface area contributed by atoms with Gasteiger partial charge in [-0.15, -0.1) is 0 Å². The van der Waals surface area contributed by atoms with Gasteiger partial charge in [0.05, 0.1) is 0 Å². The molecule has 0 radical (unpaired) electrons. The zero-order chi connectivity index (χ0) is 19.6. The molecule has 27 heavy (non-hydrogen) atoms. The first-order valence-corrected chi connectivity index (χ1v) is 10.7. The van der Waals surface area contributed by atoms with E-state index in [1.807, 2.05) is 0 Å². The van der Waals surface area contributed by atoms with Gasteiger partial charge < -0.3 is 0 Å². The number of carboxylic acid groups (broad SMARTS) is 1. The molecule has 2 aromatic heterocycles. The molecule has 12 heteroatoms. The zero-order valence-electron chi connectivity index (χ0n) is 14.6. The van der Waals surface area contributed by atoms with E-state index >= 15 is 0 Å². The summed E-state index contributed by atoms with van der Waals surface area (Å²) in [6, 6.07) is -0.858. The molecule has 11 nitrogen and oxygen atoms in total. The number of rotatable bonds is 8. The number of anilines is 1. The Balaban J connectivity index is 1.68. The summed E-state index contributed by atoms with van der Waals surface area (Å²) < 4.78 is 13.2. The number of hydrogen-bond acceptors (Lipinski definition) is 9. The molecule has 148 valence electrons. The summed E-state index contributed by atoms with van der Waals surface area (Å²) in [5.41, 5.74) is 12.3. The molecule has 1 aliphatic rings. The molecule has 3 rings (SSSR count). The van der Waals surface area contributed by atoms with E-state index < -0.39 is 36.6 Å². The number of aliphatic hydroxyl groups excluding tert-OH is 1. The predicted octanol–water partition coefficient (Wildman–Crippen LogP) is -0.975. The van der Waals surface area contributed by atoms with Gasteiger partial charge in [-0.25, -0.2) is 0 Å². The van der Waals surface area contributed by atoms with E-state index in [1.165, 1.54) is 13.4 Å². The van der Waals surface area contributed by atoms with Crippen LogP contribution in [0, 0.1) is 0 Å². The van der Waals surface area contributed by atoms with E-state index in [0.29, 0.717) is 28.2 Å². The van der Waals surface area contributed by atoms with Gasteiger partial charge in [-0.3, -0.25) is 0 Å². The van der Waals surface area contributed by atoms with Gasteiger partial charge in [0.2, 0.25) is 0 Å². The summed E-state index contributed by atoms with van der Waals surface area (Å²) >= 11 is 0.0789. The Morgan fingerprint density at radius 2 is 2.26 bits per heavy atom. The topological polar surface area (TPSA) is 172 Å². The van der Waals surface area contributed by atoms with Crippen LogP contribution in [0.25, 0.3) is 11.2 Å². The Kier molecular flexibility index (Phi) is 6.25. The second-order valence-electron chi connectivity index (χ2n) is 6.15. The van der Waals surface area contributed by atoms with E-state index in [4.69, 9.17) is 26.0 Å². The monoisotopic (exact) mass is 446 g/mol. The fraction of sp³-hybridized carbons (Fsp3) is 0.600. The van der Waals surface area contributed by atoms with E-state index in [1.54, 1.807) is 10.9 Å². The Morgan fingerprint density at radius 1 is 1.48 bits per heavy atom. The molecule has 0 amide bonds. The van der Waals surface area contributed by atoms with Crippen molar-refractivity contribution in [2.45, 2.75) is 47.6 Å². The molecule has 0 unspecified atom stereocenters. The average Bonchev–Trinajstić information content (AvgIpc) is 3.20. The van der Waals surface area contributed by atoms with Crippen LogP contribution in [0.2, 0.25) is 10.6 Å². The van der Waals surface area contributed by atoms with Gasteiger partial charge in [-0.2, -0.15) is 0 Å². The van der Waals surface area contributed by atoms with Crippen molar-refractivity contribution in [3.8, 4) is 0 Å². The van der Waals surface area contributed by atoms with E-state index in [0.717, 1.165) is 0 Å². The van der Waals surface area contributed by atoms with E-state index in [9.17, 15) is 9.90 Å². The summed E-state index contributed by atoms with van der Waals surface area (Å²) in [6.45, 7) is 0. The molecule has 5 atom stereocenters. The Bertz CT molecular complexity index is 804. The number of nitrogens with zero attached hydrogens (tertiary/aromatic N) is 4. The number of fused-ring (bicyclic) bond motifs is 1. The normalized spacial score (nSPS) is 26.5. The quantitative estimate of drug-likeness (QED) is 0.292. The van der Waals surface area contributed by atoms with Crippen LogP contribution in [-0.4, -0.2) is 82.1 Å². The molecule has 6 N–H and O–H groups in total. The van der Waals surface area contributed by atoms with Gasteiger partial charge in [0, 0.05) is 0 Å². The fourth-order valence-corrected chi connectivity index (χ4v) is 5.22. The van der Waals surface area contributed by atoms with Crippen LogP contribution >= 0.6 is 0 Å². The standard InChI is InChI=1S/C15H22N6O5Se/c1-25-11-10(22)8(4-27-3-2-7(16)15(23)24)26-14(11)21-6-20-9-12(17)18-5-19-13(9)21/h5-8,10-11,14,22H,2-4,16H2,1H3,(H,23,24)(H2,17,18,19)/t7-,8+,10+,11+,14+/m0/s1. The Morgan fingerprint density at radius 3 is 2.96 bits per heavy atom. The second-order valence-corrected chi connectivity index (χ2v) is 8.56. The molecule has 2 aromatic rings. The number of nitrogens with two attached hydrogens (primary N) is 2. The Hall–Kier alpha value is -1.82. The van der Waals surface area contributed by atoms with Gasteiger partial charge in [-0.1, -0.05) is 0 Å². The first-order chi connectivity index (χ1) is 12.9. The van der Waals surface area contributed by atoms with Crippen molar-refractivity contribution in [1.29, 1.82) is 0 Å². The number of methoxy groups -OCH3 is 1. The molecule has 0 bridgehead atoms. The van der Waals surface area contributed by atoms with Crippen molar-refractivity contribution in [1.82, 2.24) is 19.5 Å². The number of ether oxygens (including phenoxy) is 2. The van der Waals surface area contributed by atoms with Crippen molar-refractivity contribution in [2.75, 3.05) is 12.8 Å². The summed E-state index contributed by atoms with van der Waals surface area (Å²) in [5.74, 6) is -0.739. The van der Waals surface area contributed by atoms with Gasteiger partial charge in [0.25, 0.3) is 0 Å². The summed E-state index contributed by atoms with van der Waals surface area (Å²) in [5, 5.41) is 20.7. The number of aliphatic hydroxyl groups is 1. The molecule has 1 aliphatic heterocycles. The molecule has 0 saturated carbocycles. The molecule has 1 saturated heterocycles. The van der Waals surface area contributed by atoms with Crippen LogP contribution in [0.1, 0.15) is 12.6 Å². The van der Waals surface area contributed by atoms with Crippen LogP contribution in [0.4, 0.5) is 5.82 Å². The van der Waals surface area contributed by atoms with Gasteiger partial charge >= 0.3 is 161 Å². The first kappa shape index (κ1) is 19.9. The molecule has 0 aliphatic carbocycles. The number of aliphatic carboxylic acids is 1. The van der Waals surface area contributed by atoms with Crippen molar-refractivity contribution in [2.24, 2.45) is 5.73 Å². The predicted molar refractivity (Wildman–Crippen MR) is 96.0 cm³/mol. The van der Waals surface area contributed by atoms with Crippen molar-refractivity contribution >= 4 is 37.9 Å². The fourth-order valence-electron chi connectivity index (χ4n) is 2.92. The summed E-state index contributed by atoms with van der Waals surface area (Å²) in [7, 11) is 1.51. The summed E-state index contributed by atoms with van der Waals surface area (Å²) in [4.78, 5) is 23.1. The zero-order valence-corrected chi connectivity index (χ0v) is 16.3. The van der Waals surface area contributed by atoms with Crippen LogP contribution in [0.15, 0.2) is 12.7 Å². The van der Waals surface area contributed by atoms with Crippen molar-refractivity contribution in [3.63, 3.8) is 0 Å². The first-order valence-electron chi connectivity index (χ1n) is 8.29. The third-order valence-electron chi connectivity index (χ3n) is 4.42. The van der Waals surface area contributed by atoms with Crippen LogP contribution in [0.3, 0.4) is 0 Å². The Labute approximate surface area is 161 Å². The molecule has 1 fully saturated rings. The number of nitrogen functional groups attached to an aromatic ring is 1. The minimum absolute atomic E-state index is 0.0789. The molecule has 0 spiro atoms. The molecular weight excluding hydrogens is 423 g/mol. The van der Waals surface area contributed by atoms with E-state index in [2.05, 4.69) is 15.0 Å². The maximum absolute atomic E-state index is 10.8. The van der Waals surface area contributed by atoms with Crippen LogP contribution < -0.4 is 11.5 Å². The van der Waals surface area contributed by atoms with Crippen molar-refractivity contribution < 1.29 is 24.5 Å². The third kappa shape index (κ3) is 4.05. The number of carbonyl (C=O) groups is 1. The summed E-state index contributed by atoms with van der Waals surface area (Å²) in [6.07, 6.45) is 0.821. The number of aromatic nitrogens is 4. The van der Waals surface area contributed by atoms with Crippen molar-refractivity contribution in [3.05, 3.63) is 12.7 Å². The number of imidazole rings is 1. The molecule has 0 aromatic carbocycles. The number of hydrogen-bond donors (Lipinski definition) is 4. The van der Waals surface area contributed by atoms with Gasteiger partial charge in [0.1, 0.15) is 0 Å². The third-order valence-corrected chi connectivity index (χ3v) is 6.70. The van der Waals surface area contributed by atoms with Gasteiger partial charge in [-0.05, 0) is 0 Å². The minimum atomic E-state index is -1.00. The maximum atomic E-state index is 10.8.